The second-order valence-electron chi connectivity index (χ2n) is 4.85. The standard InChI is InChI=1S/C12H18ClN3O2/c1-15-6-3-2-4-9(15)5-7-16-8-10(13)11(17)14-12(16)18/h8-9H,2-7H2,1H3,(H,14,17,18). The highest BCUT2D eigenvalue weighted by Crippen LogP contribution is 2.18. The van der Waals surface area contributed by atoms with E-state index in [1.165, 1.54) is 30.0 Å². The first-order valence-corrected chi connectivity index (χ1v) is 6.65. The molecule has 0 radical (unpaired) electrons. The van der Waals surface area contributed by atoms with E-state index in [-0.39, 0.29) is 10.7 Å². The van der Waals surface area contributed by atoms with Crippen molar-refractivity contribution in [1.29, 1.82) is 0 Å². The number of likely N-dealkylation sites (tertiary alicyclic amines) is 1. The minimum absolute atomic E-state index is 0.0617. The molecule has 0 spiro atoms. The molecule has 1 aromatic rings. The summed E-state index contributed by atoms with van der Waals surface area (Å²) < 4.78 is 1.48. The van der Waals surface area contributed by atoms with Crippen molar-refractivity contribution in [2.75, 3.05) is 13.6 Å². The minimum atomic E-state index is -0.521. The molecule has 1 N–H and O–H groups in total. The van der Waals surface area contributed by atoms with Gasteiger partial charge in [-0.15, -0.1) is 0 Å². The molecular weight excluding hydrogens is 254 g/mol. The molecule has 0 aliphatic carbocycles. The number of aromatic amines is 1. The van der Waals surface area contributed by atoms with Crippen LogP contribution in [0.2, 0.25) is 5.02 Å². The SMILES string of the molecule is CN1CCCCC1CCn1cc(Cl)c(=O)[nH]c1=O. The van der Waals surface area contributed by atoms with Gasteiger partial charge in [0.25, 0.3) is 5.56 Å². The van der Waals surface area contributed by atoms with E-state index in [1.807, 2.05) is 0 Å². The zero-order chi connectivity index (χ0) is 13.1. The van der Waals surface area contributed by atoms with Gasteiger partial charge in [0.15, 0.2) is 0 Å². The number of hydrogen-bond acceptors (Lipinski definition) is 3. The topological polar surface area (TPSA) is 58.1 Å². The Morgan fingerprint density at radius 3 is 2.94 bits per heavy atom. The summed E-state index contributed by atoms with van der Waals surface area (Å²) in [4.78, 5) is 27.3. The first-order valence-electron chi connectivity index (χ1n) is 6.27. The van der Waals surface area contributed by atoms with Crippen molar-refractivity contribution in [1.82, 2.24) is 14.5 Å². The van der Waals surface area contributed by atoms with Crippen molar-refractivity contribution < 1.29 is 0 Å². The van der Waals surface area contributed by atoms with Crippen LogP contribution in [0.1, 0.15) is 25.7 Å². The van der Waals surface area contributed by atoms with Gasteiger partial charge >= 0.3 is 5.69 Å². The van der Waals surface area contributed by atoms with Crippen LogP contribution in [0.25, 0.3) is 0 Å². The third-order valence-corrected chi connectivity index (χ3v) is 3.86. The average molecular weight is 272 g/mol. The van der Waals surface area contributed by atoms with Gasteiger partial charge in [-0.3, -0.25) is 14.3 Å². The Labute approximate surface area is 110 Å². The molecule has 1 unspecified atom stereocenters. The number of aromatic nitrogens is 2. The predicted octanol–water partition coefficient (Wildman–Crippen LogP) is 1.06. The Bertz CT molecular complexity index is 523. The van der Waals surface area contributed by atoms with Gasteiger partial charge in [0, 0.05) is 18.8 Å². The fourth-order valence-electron chi connectivity index (χ4n) is 2.45. The molecule has 100 valence electrons. The Morgan fingerprint density at radius 1 is 1.44 bits per heavy atom. The van der Waals surface area contributed by atoms with Gasteiger partial charge in [-0.25, -0.2) is 4.79 Å². The lowest BCUT2D eigenvalue weighted by Crippen LogP contribution is -2.38. The summed E-state index contributed by atoms with van der Waals surface area (Å²) in [5.41, 5.74) is -0.907. The third-order valence-electron chi connectivity index (χ3n) is 3.59. The van der Waals surface area contributed by atoms with E-state index in [2.05, 4.69) is 16.9 Å². The van der Waals surface area contributed by atoms with Crippen LogP contribution in [0.3, 0.4) is 0 Å². The first-order chi connectivity index (χ1) is 8.58. The number of rotatable bonds is 3. The van der Waals surface area contributed by atoms with Gasteiger partial charge in [-0.2, -0.15) is 0 Å². The molecule has 0 saturated carbocycles. The Balaban J connectivity index is 2.04. The van der Waals surface area contributed by atoms with Gasteiger partial charge in [0.1, 0.15) is 5.02 Å². The van der Waals surface area contributed by atoms with Crippen LogP contribution >= 0.6 is 11.6 Å². The maximum Gasteiger partial charge on any atom is 0.328 e. The molecule has 2 heterocycles. The van der Waals surface area contributed by atoms with E-state index >= 15 is 0 Å². The average Bonchev–Trinajstić information content (AvgIpc) is 2.34. The normalized spacial score (nSPS) is 21.1. The number of nitrogens with zero attached hydrogens (tertiary/aromatic N) is 2. The maximum absolute atomic E-state index is 11.6. The second-order valence-corrected chi connectivity index (χ2v) is 5.26. The molecule has 6 heteroatoms. The lowest BCUT2D eigenvalue weighted by molar-refractivity contribution is 0.170. The number of H-pyrrole nitrogens is 1. The van der Waals surface area contributed by atoms with Crippen molar-refractivity contribution in [3.05, 3.63) is 32.1 Å². The second kappa shape index (κ2) is 5.71. The molecule has 18 heavy (non-hydrogen) atoms. The highest BCUT2D eigenvalue weighted by atomic mass is 35.5. The van der Waals surface area contributed by atoms with Crippen LogP contribution in [0.15, 0.2) is 15.8 Å². The fourth-order valence-corrected chi connectivity index (χ4v) is 2.61. The van der Waals surface area contributed by atoms with Crippen molar-refractivity contribution in [2.45, 2.75) is 38.3 Å². The molecule has 0 aromatic carbocycles. The Kier molecular flexibility index (Phi) is 4.24. The van der Waals surface area contributed by atoms with E-state index in [4.69, 9.17) is 11.6 Å². The number of nitrogens with one attached hydrogen (secondary N) is 1. The van der Waals surface area contributed by atoms with Crippen LogP contribution in [0, 0.1) is 0 Å². The summed E-state index contributed by atoms with van der Waals surface area (Å²) >= 11 is 5.72. The minimum Gasteiger partial charge on any atom is -0.303 e. The molecule has 5 nitrogen and oxygen atoms in total. The van der Waals surface area contributed by atoms with Gasteiger partial charge < -0.3 is 4.90 Å². The summed E-state index contributed by atoms with van der Waals surface area (Å²) in [7, 11) is 2.12. The fraction of sp³-hybridized carbons (Fsp3) is 0.667. The highest BCUT2D eigenvalue weighted by molar-refractivity contribution is 6.30. The highest BCUT2D eigenvalue weighted by Gasteiger charge is 2.18. The van der Waals surface area contributed by atoms with Crippen LogP contribution in [0.5, 0.6) is 0 Å². The maximum atomic E-state index is 11.6. The molecule has 1 fully saturated rings. The number of aryl methyl sites for hydroxylation is 1. The third kappa shape index (κ3) is 3.03. The molecule has 2 rings (SSSR count). The first kappa shape index (κ1) is 13.4. The summed E-state index contributed by atoms with van der Waals surface area (Å²) in [5.74, 6) is 0. The lowest BCUT2D eigenvalue weighted by Gasteiger charge is -2.32. The van der Waals surface area contributed by atoms with Crippen molar-refractivity contribution in [3.8, 4) is 0 Å². The summed E-state index contributed by atoms with van der Waals surface area (Å²) in [6.07, 6.45) is 5.99. The Hall–Kier alpha value is -1.07. The summed E-state index contributed by atoms with van der Waals surface area (Å²) in [5, 5.41) is 0.0617. The monoisotopic (exact) mass is 271 g/mol. The molecule has 1 saturated heterocycles. The predicted molar refractivity (Wildman–Crippen MR) is 71.2 cm³/mol. The summed E-state index contributed by atoms with van der Waals surface area (Å²) in [6, 6.07) is 0.511. The van der Waals surface area contributed by atoms with E-state index < -0.39 is 5.56 Å². The molecule has 1 atom stereocenters. The number of halogens is 1. The molecule has 0 amide bonds. The van der Waals surface area contributed by atoms with Crippen LogP contribution < -0.4 is 11.2 Å². The number of hydrogen-bond donors (Lipinski definition) is 1. The molecule has 1 aromatic heterocycles. The van der Waals surface area contributed by atoms with Crippen molar-refractivity contribution >= 4 is 11.6 Å². The van der Waals surface area contributed by atoms with E-state index in [1.54, 1.807) is 0 Å². The van der Waals surface area contributed by atoms with E-state index in [0.29, 0.717) is 12.6 Å². The molecular formula is C12H18ClN3O2. The van der Waals surface area contributed by atoms with E-state index in [0.717, 1.165) is 13.0 Å². The molecule has 0 bridgehead atoms. The van der Waals surface area contributed by atoms with Crippen molar-refractivity contribution in [3.63, 3.8) is 0 Å². The van der Waals surface area contributed by atoms with Gasteiger partial charge in [0.2, 0.25) is 0 Å². The van der Waals surface area contributed by atoms with Crippen molar-refractivity contribution in [2.24, 2.45) is 0 Å². The van der Waals surface area contributed by atoms with Crippen LogP contribution in [-0.4, -0.2) is 34.1 Å². The quantitative estimate of drug-likeness (QED) is 0.895. The lowest BCUT2D eigenvalue weighted by atomic mass is 10.0. The largest absolute Gasteiger partial charge is 0.328 e. The Morgan fingerprint density at radius 2 is 2.22 bits per heavy atom. The van der Waals surface area contributed by atoms with Gasteiger partial charge in [0.05, 0.1) is 0 Å². The molecule has 1 aliphatic rings. The smallest absolute Gasteiger partial charge is 0.303 e. The van der Waals surface area contributed by atoms with E-state index in [9.17, 15) is 9.59 Å². The zero-order valence-corrected chi connectivity index (χ0v) is 11.2. The number of piperidine rings is 1. The summed E-state index contributed by atoms with van der Waals surface area (Å²) in [6.45, 7) is 1.70. The van der Waals surface area contributed by atoms with Crippen LogP contribution in [0.4, 0.5) is 0 Å². The zero-order valence-electron chi connectivity index (χ0n) is 10.5. The van der Waals surface area contributed by atoms with Gasteiger partial charge in [-0.1, -0.05) is 18.0 Å². The van der Waals surface area contributed by atoms with Crippen LogP contribution in [-0.2, 0) is 6.54 Å². The molecule has 1 aliphatic heterocycles. The van der Waals surface area contributed by atoms with Gasteiger partial charge in [-0.05, 0) is 32.9 Å².